The number of benzene rings is 1. The lowest BCUT2D eigenvalue weighted by Gasteiger charge is -2.34. The van der Waals surface area contributed by atoms with Crippen LogP contribution in [0.3, 0.4) is 0 Å². The molecule has 0 saturated carbocycles. The van der Waals surface area contributed by atoms with Crippen molar-refractivity contribution in [2.45, 2.75) is 83.9 Å². The van der Waals surface area contributed by atoms with Crippen molar-refractivity contribution in [3.63, 3.8) is 0 Å². The van der Waals surface area contributed by atoms with E-state index in [-0.39, 0.29) is 18.8 Å². The molecule has 1 aromatic rings. The molecule has 10 heteroatoms. The zero-order valence-corrected chi connectivity index (χ0v) is 23.6. The zero-order valence-electron chi connectivity index (χ0n) is 22.7. The van der Waals surface area contributed by atoms with Crippen LogP contribution < -0.4 is 10.6 Å². The number of hydrogen-bond donors (Lipinski definition) is 3. The highest BCUT2D eigenvalue weighted by Crippen LogP contribution is 2.24. The van der Waals surface area contributed by atoms with Crippen molar-refractivity contribution >= 4 is 36.5 Å². The summed E-state index contributed by atoms with van der Waals surface area (Å²) < 4.78 is 9.96. The van der Waals surface area contributed by atoms with E-state index in [0.717, 1.165) is 32.1 Å². The van der Waals surface area contributed by atoms with Crippen molar-refractivity contribution in [3.05, 3.63) is 35.9 Å². The maximum atomic E-state index is 13.8. The van der Waals surface area contributed by atoms with Gasteiger partial charge in [0.25, 0.3) is 0 Å². The Hall–Kier alpha value is -2.75. The molecule has 2 unspecified atom stereocenters. The minimum Gasteiger partial charge on any atom is -0.468 e. The van der Waals surface area contributed by atoms with E-state index in [2.05, 4.69) is 34.9 Å². The summed E-state index contributed by atoms with van der Waals surface area (Å²) >= 11 is 4.29. The van der Waals surface area contributed by atoms with Gasteiger partial charge in [-0.25, -0.2) is 4.79 Å². The summed E-state index contributed by atoms with van der Waals surface area (Å²) in [4.78, 5) is 52.7. The molecule has 1 aromatic carbocycles. The van der Waals surface area contributed by atoms with Gasteiger partial charge in [0, 0.05) is 12.3 Å². The minimum absolute atomic E-state index is 0.0103. The molecule has 2 atom stereocenters. The second-order valence-corrected chi connectivity index (χ2v) is 10.2. The number of alkyl carbamates (subject to hydrolysis) is 1. The highest BCUT2D eigenvalue weighted by Gasteiger charge is 2.35. The molecular formula is C27H43N3O6S. The third-order valence-corrected chi connectivity index (χ3v) is 5.88. The SMILES string of the molecule is CCCCCCCCN(C(=O)C(CS)NC(=O)OC(C)(C)C)C(C(=O)NCC(=O)OC)c1ccccc1. The van der Waals surface area contributed by atoms with E-state index >= 15 is 0 Å². The smallest absolute Gasteiger partial charge is 0.408 e. The summed E-state index contributed by atoms with van der Waals surface area (Å²) in [5.74, 6) is -1.58. The molecule has 0 heterocycles. The lowest BCUT2D eigenvalue weighted by atomic mass is 10.0. The van der Waals surface area contributed by atoms with Gasteiger partial charge in [-0.05, 0) is 32.8 Å². The van der Waals surface area contributed by atoms with Gasteiger partial charge >= 0.3 is 12.1 Å². The topological polar surface area (TPSA) is 114 Å². The van der Waals surface area contributed by atoms with Crippen LogP contribution in [0.1, 0.15) is 77.8 Å². The van der Waals surface area contributed by atoms with E-state index in [9.17, 15) is 19.2 Å². The van der Waals surface area contributed by atoms with Crippen molar-refractivity contribution < 1.29 is 28.7 Å². The summed E-state index contributed by atoms with van der Waals surface area (Å²) in [5, 5.41) is 5.17. The molecule has 1 rings (SSSR count). The van der Waals surface area contributed by atoms with Gasteiger partial charge in [0.2, 0.25) is 11.8 Å². The first-order valence-corrected chi connectivity index (χ1v) is 13.5. The van der Waals surface area contributed by atoms with E-state index in [1.165, 1.54) is 12.0 Å². The predicted molar refractivity (Wildman–Crippen MR) is 146 cm³/mol. The molecular weight excluding hydrogens is 494 g/mol. The number of ether oxygens (including phenoxy) is 2. The number of rotatable bonds is 15. The fourth-order valence-electron chi connectivity index (χ4n) is 3.70. The van der Waals surface area contributed by atoms with Crippen molar-refractivity contribution in [2.75, 3.05) is 26.0 Å². The lowest BCUT2D eigenvalue weighted by Crippen LogP contribution is -2.54. The van der Waals surface area contributed by atoms with Crippen molar-refractivity contribution in [1.29, 1.82) is 0 Å². The molecule has 0 bridgehead atoms. The number of methoxy groups -OCH3 is 1. The van der Waals surface area contributed by atoms with Crippen LogP contribution in [0.4, 0.5) is 4.79 Å². The Morgan fingerprint density at radius 2 is 1.62 bits per heavy atom. The Balaban J connectivity index is 3.26. The van der Waals surface area contributed by atoms with Crippen molar-refractivity contribution in [3.8, 4) is 0 Å². The number of unbranched alkanes of at least 4 members (excludes halogenated alkanes) is 5. The predicted octanol–water partition coefficient (Wildman–Crippen LogP) is 4.03. The third-order valence-electron chi connectivity index (χ3n) is 5.52. The van der Waals surface area contributed by atoms with Gasteiger partial charge in [-0.3, -0.25) is 14.4 Å². The highest BCUT2D eigenvalue weighted by atomic mass is 32.1. The first kappa shape index (κ1) is 32.3. The number of nitrogens with one attached hydrogen (secondary N) is 2. The lowest BCUT2D eigenvalue weighted by molar-refractivity contribution is -0.144. The van der Waals surface area contributed by atoms with Gasteiger partial charge in [-0.1, -0.05) is 69.4 Å². The fraction of sp³-hybridized carbons (Fsp3) is 0.630. The summed E-state index contributed by atoms with van der Waals surface area (Å²) in [6.07, 6.45) is 5.21. The Labute approximate surface area is 226 Å². The number of thiol groups is 1. The Morgan fingerprint density at radius 3 is 2.19 bits per heavy atom. The summed E-state index contributed by atoms with van der Waals surface area (Å²) in [6.45, 7) is 7.29. The quantitative estimate of drug-likeness (QED) is 0.177. The maximum absolute atomic E-state index is 13.8. The molecule has 0 aliphatic carbocycles. The Morgan fingerprint density at radius 1 is 1.00 bits per heavy atom. The van der Waals surface area contributed by atoms with Gasteiger partial charge in [-0.2, -0.15) is 12.6 Å². The molecule has 0 aromatic heterocycles. The van der Waals surface area contributed by atoms with Crippen LogP contribution in [0.25, 0.3) is 0 Å². The van der Waals surface area contributed by atoms with Gasteiger partial charge in [0.05, 0.1) is 7.11 Å². The van der Waals surface area contributed by atoms with E-state index < -0.39 is 41.6 Å². The second-order valence-electron chi connectivity index (χ2n) is 9.79. The second kappa shape index (κ2) is 16.9. The van der Waals surface area contributed by atoms with E-state index in [1.807, 2.05) is 6.07 Å². The number of nitrogens with zero attached hydrogens (tertiary/aromatic N) is 1. The Kier molecular flexibility index (Phi) is 14.7. The van der Waals surface area contributed by atoms with Crippen LogP contribution >= 0.6 is 12.6 Å². The summed E-state index contributed by atoms with van der Waals surface area (Å²) in [5.41, 5.74) is -0.160. The molecule has 2 N–H and O–H groups in total. The molecule has 3 amide bonds. The summed E-state index contributed by atoms with van der Waals surface area (Å²) in [7, 11) is 1.23. The molecule has 0 fully saturated rings. The zero-order chi connectivity index (χ0) is 27.8. The first-order chi connectivity index (χ1) is 17.5. The Bertz CT molecular complexity index is 859. The third kappa shape index (κ3) is 12.4. The number of carbonyl (C=O) groups excluding carboxylic acids is 4. The maximum Gasteiger partial charge on any atom is 0.408 e. The van der Waals surface area contributed by atoms with Crippen LogP contribution in [0.15, 0.2) is 30.3 Å². The van der Waals surface area contributed by atoms with E-state index in [4.69, 9.17) is 4.74 Å². The molecule has 9 nitrogen and oxygen atoms in total. The first-order valence-electron chi connectivity index (χ1n) is 12.8. The number of carbonyl (C=O) groups is 4. The molecule has 0 spiro atoms. The largest absolute Gasteiger partial charge is 0.468 e. The number of amides is 3. The van der Waals surface area contributed by atoms with Crippen LogP contribution in [0.2, 0.25) is 0 Å². The number of hydrogen-bond acceptors (Lipinski definition) is 7. The van der Waals surface area contributed by atoms with Crippen LogP contribution in [-0.2, 0) is 23.9 Å². The summed E-state index contributed by atoms with van der Waals surface area (Å²) in [6, 6.07) is 6.83. The van der Waals surface area contributed by atoms with E-state index in [0.29, 0.717) is 12.0 Å². The van der Waals surface area contributed by atoms with Gasteiger partial charge in [0.15, 0.2) is 0 Å². The average Bonchev–Trinajstić information content (AvgIpc) is 2.86. The van der Waals surface area contributed by atoms with Crippen LogP contribution in [-0.4, -0.2) is 66.4 Å². The molecule has 0 aliphatic heterocycles. The molecule has 37 heavy (non-hydrogen) atoms. The molecule has 208 valence electrons. The standard InChI is InChI=1S/C27H43N3O6S/c1-6-7-8-9-10-14-17-30(25(33)21(19-37)29-26(34)36-27(2,3)4)23(20-15-12-11-13-16-20)24(32)28-18-22(31)35-5/h11-13,15-16,21,23,37H,6-10,14,17-19H2,1-5H3,(H,28,32)(H,29,34). The van der Waals surface area contributed by atoms with Crippen molar-refractivity contribution in [1.82, 2.24) is 15.5 Å². The average molecular weight is 538 g/mol. The molecule has 0 aliphatic rings. The normalized spacial score (nSPS) is 12.7. The highest BCUT2D eigenvalue weighted by molar-refractivity contribution is 7.80. The van der Waals surface area contributed by atoms with Crippen molar-refractivity contribution in [2.24, 2.45) is 0 Å². The van der Waals surface area contributed by atoms with Crippen LogP contribution in [0, 0.1) is 0 Å². The van der Waals surface area contributed by atoms with Gasteiger partial charge < -0.3 is 25.0 Å². The van der Waals surface area contributed by atoms with Gasteiger partial charge in [-0.15, -0.1) is 0 Å². The van der Waals surface area contributed by atoms with E-state index in [1.54, 1.807) is 45.0 Å². The molecule has 0 radical (unpaired) electrons. The van der Waals surface area contributed by atoms with Gasteiger partial charge in [0.1, 0.15) is 24.2 Å². The number of esters is 1. The van der Waals surface area contributed by atoms with Crippen LogP contribution in [0.5, 0.6) is 0 Å². The minimum atomic E-state index is -1.02. The molecule has 0 saturated heterocycles. The fourth-order valence-corrected chi connectivity index (χ4v) is 3.95. The monoisotopic (exact) mass is 537 g/mol.